The van der Waals surface area contributed by atoms with Gasteiger partial charge in [0.15, 0.2) is 0 Å². The predicted molar refractivity (Wildman–Crippen MR) is 89.7 cm³/mol. The first kappa shape index (κ1) is 16.9. The van der Waals surface area contributed by atoms with Gasteiger partial charge in [-0.1, -0.05) is 39.3 Å². The molecule has 0 spiro atoms. The maximum Gasteiger partial charge on any atom is 0.223 e. The topological polar surface area (TPSA) is 49.3 Å². The smallest absolute Gasteiger partial charge is 0.223 e. The highest BCUT2D eigenvalue weighted by Gasteiger charge is 2.35. The Hall–Kier alpha value is -1.51. The lowest BCUT2D eigenvalue weighted by molar-refractivity contribution is -0.129. The number of carbonyl (C=O) groups excluding carboxylic acids is 1. The number of amides is 1. The lowest BCUT2D eigenvalue weighted by Gasteiger charge is -2.36. The van der Waals surface area contributed by atoms with Crippen LogP contribution >= 0.6 is 0 Å². The van der Waals surface area contributed by atoms with Crippen LogP contribution in [0.5, 0.6) is 5.75 Å². The standard InChI is InChI=1S/C19H29NO2/c1-13(2)17-8-7-14(3)11-18(17)19(22)20-10-9-15-5-4-6-16(21)12-15/h4-6,12-14,17-18,21H,7-11H2,1-3H3,(H,20,22). The van der Waals surface area contributed by atoms with Crippen LogP contribution in [-0.4, -0.2) is 17.6 Å². The summed E-state index contributed by atoms with van der Waals surface area (Å²) in [6.07, 6.45) is 4.19. The molecule has 0 saturated heterocycles. The Morgan fingerprint density at radius 3 is 2.82 bits per heavy atom. The second kappa shape index (κ2) is 7.66. The fourth-order valence-corrected chi connectivity index (χ4v) is 3.68. The number of aromatic hydroxyl groups is 1. The lowest BCUT2D eigenvalue weighted by Crippen LogP contribution is -2.40. The van der Waals surface area contributed by atoms with Crippen LogP contribution in [0.25, 0.3) is 0 Å². The predicted octanol–water partition coefficient (Wildman–Crippen LogP) is 3.76. The van der Waals surface area contributed by atoms with E-state index < -0.39 is 0 Å². The van der Waals surface area contributed by atoms with Crippen LogP contribution < -0.4 is 5.32 Å². The molecule has 1 amide bonds. The Bertz CT molecular complexity index is 498. The average Bonchev–Trinajstić information content (AvgIpc) is 2.46. The molecule has 1 saturated carbocycles. The van der Waals surface area contributed by atoms with Gasteiger partial charge in [-0.15, -0.1) is 0 Å². The summed E-state index contributed by atoms with van der Waals surface area (Å²) in [4.78, 5) is 12.6. The Kier molecular flexibility index (Phi) is 5.87. The van der Waals surface area contributed by atoms with Crippen LogP contribution in [0.3, 0.4) is 0 Å². The Labute approximate surface area is 134 Å². The van der Waals surface area contributed by atoms with Crippen molar-refractivity contribution in [2.75, 3.05) is 6.54 Å². The summed E-state index contributed by atoms with van der Waals surface area (Å²) in [6.45, 7) is 7.35. The maximum atomic E-state index is 12.6. The molecule has 0 heterocycles. The van der Waals surface area contributed by atoms with Crippen LogP contribution in [-0.2, 0) is 11.2 Å². The Balaban J connectivity index is 1.87. The van der Waals surface area contributed by atoms with Crippen molar-refractivity contribution in [2.24, 2.45) is 23.7 Å². The molecule has 0 bridgehead atoms. The van der Waals surface area contributed by atoms with E-state index in [0.29, 0.717) is 24.3 Å². The molecule has 0 aromatic heterocycles. The molecule has 3 heteroatoms. The minimum atomic E-state index is 0.160. The molecule has 22 heavy (non-hydrogen) atoms. The number of hydrogen-bond acceptors (Lipinski definition) is 2. The number of phenolic OH excluding ortho intramolecular Hbond substituents is 1. The van der Waals surface area contributed by atoms with Gasteiger partial charge < -0.3 is 10.4 Å². The summed E-state index contributed by atoms with van der Waals surface area (Å²) < 4.78 is 0. The summed E-state index contributed by atoms with van der Waals surface area (Å²) in [5.41, 5.74) is 1.05. The fraction of sp³-hybridized carbons (Fsp3) is 0.632. The molecular formula is C19H29NO2. The monoisotopic (exact) mass is 303 g/mol. The fourth-order valence-electron chi connectivity index (χ4n) is 3.68. The minimum absolute atomic E-state index is 0.160. The zero-order chi connectivity index (χ0) is 16.1. The van der Waals surface area contributed by atoms with E-state index in [-0.39, 0.29) is 17.6 Å². The summed E-state index contributed by atoms with van der Waals surface area (Å²) in [6, 6.07) is 7.24. The normalized spacial score (nSPS) is 25.2. The molecule has 1 aliphatic carbocycles. The zero-order valence-corrected chi connectivity index (χ0v) is 14.0. The van der Waals surface area contributed by atoms with E-state index in [1.807, 2.05) is 12.1 Å². The van der Waals surface area contributed by atoms with Crippen molar-refractivity contribution in [2.45, 2.75) is 46.5 Å². The molecule has 0 radical (unpaired) electrons. The van der Waals surface area contributed by atoms with E-state index in [4.69, 9.17) is 0 Å². The highest BCUT2D eigenvalue weighted by molar-refractivity contribution is 5.79. The summed E-state index contributed by atoms with van der Waals surface area (Å²) in [5, 5.41) is 12.6. The van der Waals surface area contributed by atoms with Gasteiger partial charge in [0.2, 0.25) is 5.91 Å². The molecule has 3 unspecified atom stereocenters. The number of benzene rings is 1. The molecule has 0 aliphatic heterocycles. The summed E-state index contributed by atoms with van der Waals surface area (Å²) in [7, 11) is 0. The maximum absolute atomic E-state index is 12.6. The van der Waals surface area contributed by atoms with Crippen LogP contribution in [0.4, 0.5) is 0 Å². The Morgan fingerprint density at radius 1 is 1.36 bits per heavy atom. The molecule has 122 valence electrons. The molecule has 1 aromatic carbocycles. The number of nitrogens with one attached hydrogen (secondary N) is 1. The van der Waals surface area contributed by atoms with Gasteiger partial charge in [-0.2, -0.15) is 0 Å². The van der Waals surface area contributed by atoms with Gasteiger partial charge in [-0.05, 0) is 54.7 Å². The SMILES string of the molecule is CC1CCC(C(C)C)C(C(=O)NCCc2cccc(O)c2)C1. The molecule has 2 rings (SSSR count). The van der Waals surface area contributed by atoms with E-state index in [2.05, 4.69) is 26.1 Å². The van der Waals surface area contributed by atoms with Gasteiger partial charge in [-0.3, -0.25) is 4.79 Å². The zero-order valence-electron chi connectivity index (χ0n) is 14.0. The van der Waals surface area contributed by atoms with Crippen LogP contribution in [0.1, 0.15) is 45.6 Å². The van der Waals surface area contributed by atoms with Gasteiger partial charge in [0, 0.05) is 12.5 Å². The lowest BCUT2D eigenvalue weighted by atomic mass is 9.70. The van der Waals surface area contributed by atoms with Crippen LogP contribution in [0, 0.1) is 23.7 Å². The Morgan fingerprint density at radius 2 is 2.14 bits per heavy atom. The average molecular weight is 303 g/mol. The summed E-state index contributed by atoms with van der Waals surface area (Å²) in [5.74, 6) is 2.38. The molecule has 3 atom stereocenters. The van der Waals surface area contributed by atoms with Crippen LogP contribution in [0.15, 0.2) is 24.3 Å². The van der Waals surface area contributed by atoms with Crippen molar-refractivity contribution < 1.29 is 9.90 Å². The third-order valence-corrected chi connectivity index (χ3v) is 4.98. The number of phenols is 1. The molecule has 1 aliphatic rings. The van der Waals surface area contributed by atoms with E-state index in [1.165, 1.54) is 12.8 Å². The third-order valence-electron chi connectivity index (χ3n) is 4.98. The van der Waals surface area contributed by atoms with Gasteiger partial charge in [0.1, 0.15) is 5.75 Å². The van der Waals surface area contributed by atoms with E-state index in [0.717, 1.165) is 18.4 Å². The van der Waals surface area contributed by atoms with Crippen molar-refractivity contribution in [3.8, 4) is 5.75 Å². The van der Waals surface area contributed by atoms with Crippen molar-refractivity contribution in [1.29, 1.82) is 0 Å². The first-order chi connectivity index (χ1) is 10.5. The van der Waals surface area contributed by atoms with Gasteiger partial charge in [0.05, 0.1) is 0 Å². The van der Waals surface area contributed by atoms with Gasteiger partial charge in [-0.25, -0.2) is 0 Å². The number of carbonyl (C=O) groups is 1. The number of rotatable bonds is 5. The first-order valence-corrected chi connectivity index (χ1v) is 8.53. The molecule has 2 N–H and O–H groups in total. The summed E-state index contributed by atoms with van der Waals surface area (Å²) >= 11 is 0. The van der Waals surface area contributed by atoms with Crippen molar-refractivity contribution in [3.63, 3.8) is 0 Å². The largest absolute Gasteiger partial charge is 0.508 e. The minimum Gasteiger partial charge on any atom is -0.508 e. The van der Waals surface area contributed by atoms with E-state index in [1.54, 1.807) is 12.1 Å². The van der Waals surface area contributed by atoms with Crippen molar-refractivity contribution in [1.82, 2.24) is 5.32 Å². The van der Waals surface area contributed by atoms with Gasteiger partial charge >= 0.3 is 0 Å². The quantitative estimate of drug-likeness (QED) is 0.870. The third kappa shape index (κ3) is 4.49. The number of hydrogen-bond donors (Lipinski definition) is 2. The van der Waals surface area contributed by atoms with Crippen molar-refractivity contribution >= 4 is 5.91 Å². The first-order valence-electron chi connectivity index (χ1n) is 8.53. The molecule has 1 fully saturated rings. The second-order valence-corrected chi connectivity index (χ2v) is 7.14. The highest BCUT2D eigenvalue weighted by Crippen LogP contribution is 2.38. The second-order valence-electron chi connectivity index (χ2n) is 7.14. The molecule has 1 aromatic rings. The highest BCUT2D eigenvalue weighted by atomic mass is 16.3. The van der Waals surface area contributed by atoms with E-state index >= 15 is 0 Å². The molecule has 3 nitrogen and oxygen atoms in total. The molecular weight excluding hydrogens is 274 g/mol. The van der Waals surface area contributed by atoms with Crippen molar-refractivity contribution in [3.05, 3.63) is 29.8 Å². The van der Waals surface area contributed by atoms with Gasteiger partial charge in [0.25, 0.3) is 0 Å². The van der Waals surface area contributed by atoms with Crippen LogP contribution in [0.2, 0.25) is 0 Å². The van der Waals surface area contributed by atoms with E-state index in [9.17, 15) is 9.90 Å².